The molecule has 8 nitrogen and oxygen atoms in total. The largest absolute Gasteiger partial charge is 0.337 e. The van der Waals surface area contributed by atoms with Gasteiger partial charge in [-0.2, -0.15) is 13.9 Å². The second-order valence-electron chi connectivity index (χ2n) is 6.94. The number of carbonyl (C=O) groups is 2. The Morgan fingerprint density at radius 1 is 1.24 bits per heavy atom. The minimum atomic E-state index is -3.13. The van der Waals surface area contributed by atoms with Crippen LogP contribution < -0.4 is 5.32 Å². The lowest BCUT2D eigenvalue weighted by Crippen LogP contribution is -2.42. The van der Waals surface area contributed by atoms with Gasteiger partial charge in [-0.1, -0.05) is 6.07 Å². The third-order valence-electron chi connectivity index (χ3n) is 4.62. The predicted molar refractivity (Wildman–Crippen MR) is 101 cm³/mol. The van der Waals surface area contributed by atoms with Crippen molar-refractivity contribution in [2.45, 2.75) is 26.2 Å². The average Bonchev–Trinajstić information content (AvgIpc) is 2.98. The molecule has 3 aromatic heterocycles. The maximum Gasteiger partial charge on any atom is 0.287 e. The number of amides is 2. The van der Waals surface area contributed by atoms with E-state index in [1.807, 2.05) is 0 Å². The molecule has 0 aromatic carbocycles. The van der Waals surface area contributed by atoms with Crippen LogP contribution in [0.25, 0.3) is 16.7 Å². The first-order valence-electron chi connectivity index (χ1n) is 9.05. The van der Waals surface area contributed by atoms with Gasteiger partial charge in [0.25, 0.3) is 11.8 Å². The molecule has 1 aliphatic rings. The number of likely N-dealkylation sites (tertiary alicyclic amines) is 1. The number of aromatic nitrogens is 4. The molecule has 0 aliphatic carbocycles. The van der Waals surface area contributed by atoms with Crippen LogP contribution in [0.2, 0.25) is 0 Å². The summed E-state index contributed by atoms with van der Waals surface area (Å²) in [6.45, 7) is 3.38. The highest BCUT2D eigenvalue weighted by Crippen LogP contribution is 2.28. The standard InChI is InChI=1S/C19H18F2N6O2/c1-11(28)23-15-9-13-12(10-22-15)17(18(29)26-7-4-8-26)25-27(13)16-6-3-5-14(24-16)19(2,20)21/h3,5-6,9-10H,4,7-8H2,1-2H3,(H,22,23,28). The van der Waals surface area contributed by atoms with Crippen molar-refractivity contribution in [3.63, 3.8) is 0 Å². The second-order valence-corrected chi connectivity index (χ2v) is 6.94. The molecular weight excluding hydrogens is 382 g/mol. The fourth-order valence-corrected chi connectivity index (χ4v) is 3.05. The van der Waals surface area contributed by atoms with Gasteiger partial charge in [0, 0.05) is 39.2 Å². The molecule has 3 aromatic rings. The molecule has 2 amide bonds. The van der Waals surface area contributed by atoms with E-state index in [4.69, 9.17) is 0 Å². The Morgan fingerprint density at radius 2 is 2.00 bits per heavy atom. The SMILES string of the molecule is CC(=O)Nc1cc2c(cn1)c(C(=O)N1CCC1)nn2-c1cccc(C(C)(F)F)n1. The van der Waals surface area contributed by atoms with E-state index in [9.17, 15) is 18.4 Å². The summed E-state index contributed by atoms with van der Waals surface area (Å²) in [5.74, 6) is -3.31. The lowest BCUT2D eigenvalue weighted by molar-refractivity contribution is -0.114. The van der Waals surface area contributed by atoms with Crippen LogP contribution in [0, 0.1) is 0 Å². The molecule has 4 rings (SSSR count). The van der Waals surface area contributed by atoms with Crippen molar-refractivity contribution in [3.8, 4) is 5.82 Å². The third kappa shape index (κ3) is 3.53. The summed E-state index contributed by atoms with van der Waals surface area (Å²) < 4.78 is 28.8. The summed E-state index contributed by atoms with van der Waals surface area (Å²) in [6, 6.07) is 5.74. The highest BCUT2D eigenvalue weighted by atomic mass is 19.3. The number of fused-ring (bicyclic) bond motifs is 1. The Morgan fingerprint density at radius 3 is 2.62 bits per heavy atom. The number of anilines is 1. The van der Waals surface area contributed by atoms with Gasteiger partial charge in [-0.15, -0.1) is 0 Å². The van der Waals surface area contributed by atoms with Crippen molar-refractivity contribution in [2.24, 2.45) is 0 Å². The highest BCUT2D eigenvalue weighted by Gasteiger charge is 2.29. The number of pyridine rings is 2. The number of hydrogen-bond acceptors (Lipinski definition) is 5. The van der Waals surface area contributed by atoms with Crippen molar-refractivity contribution < 1.29 is 18.4 Å². The fraction of sp³-hybridized carbons (Fsp3) is 0.316. The van der Waals surface area contributed by atoms with E-state index in [1.54, 1.807) is 4.90 Å². The summed E-state index contributed by atoms with van der Waals surface area (Å²) in [6.07, 6.45) is 2.36. The highest BCUT2D eigenvalue weighted by molar-refractivity contribution is 6.06. The van der Waals surface area contributed by atoms with E-state index in [-0.39, 0.29) is 29.1 Å². The van der Waals surface area contributed by atoms with Crippen LogP contribution in [0.15, 0.2) is 30.5 Å². The van der Waals surface area contributed by atoms with Gasteiger partial charge in [-0.05, 0) is 18.6 Å². The molecule has 4 heterocycles. The van der Waals surface area contributed by atoms with E-state index in [1.165, 1.54) is 42.1 Å². The van der Waals surface area contributed by atoms with Crippen LogP contribution in [0.5, 0.6) is 0 Å². The number of carbonyl (C=O) groups excluding carboxylic acids is 2. The summed E-state index contributed by atoms with van der Waals surface area (Å²) >= 11 is 0. The maximum absolute atomic E-state index is 13.8. The summed E-state index contributed by atoms with van der Waals surface area (Å²) in [4.78, 5) is 34.0. The van der Waals surface area contributed by atoms with Crippen molar-refractivity contribution in [1.29, 1.82) is 0 Å². The molecule has 1 aliphatic heterocycles. The van der Waals surface area contributed by atoms with Crippen LogP contribution in [0.1, 0.15) is 36.5 Å². The zero-order valence-electron chi connectivity index (χ0n) is 15.8. The Balaban J connectivity index is 1.89. The van der Waals surface area contributed by atoms with Crippen LogP contribution in [-0.2, 0) is 10.7 Å². The Bertz CT molecular complexity index is 1120. The lowest BCUT2D eigenvalue weighted by Gasteiger charge is -2.30. The molecule has 1 fully saturated rings. The van der Waals surface area contributed by atoms with Crippen LogP contribution in [-0.4, -0.2) is 49.6 Å². The smallest absolute Gasteiger partial charge is 0.287 e. The first kappa shape index (κ1) is 18.9. The topological polar surface area (TPSA) is 93.0 Å². The minimum absolute atomic E-state index is 0.136. The molecular formula is C19H18F2N6O2. The molecule has 0 saturated carbocycles. The number of hydrogen-bond donors (Lipinski definition) is 1. The van der Waals surface area contributed by atoms with Gasteiger partial charge in [0.2, 0.25) is 5.91 Å². The molecule has 29 heavy (non-hydrogen) atoms. The zero-order valence-corrected chi connectivity index (χ0v) is 15.8. The number of nitrogens with one attached hydrogen (secondary N) is 1. The molecule has 0 atom stereocenters. The Kier molecular flexibility index (Phi) is 4.48. The van der Waals surface area contributed by atoms with E-state index < -0.39 is 11.6 Å². The Hall–Kier alpha value is -3.43. The van der Waals surface area contributed by atoms with E-state index in [0.717, 1.165) is 13.3 Å². The quantitative estimate of drug-likeness (QED) is 0.727. The average molecular weight is 400 g/mol. The molecule has 0 unspecified atom stereocenters. The number of rotatable bonds is 4. The van der Waals surface area contributed by atoms with Crippen LogP contribution in [0.4, 0.5) is 14.6 Å². The van der Waals surface area contributed by atoms with Crippen LogP contribution >= 0.6 is 0 Å². The summed E-state index contributed by atoms with van der Waals surface area (Å²) in [5.41, 5.74) is 0.180. The molecule has 150 valence electrons. The fourth-order valence-electron chi connectivity index (χ4n) is 3.05. The van der Waals surface area contributed by atoms with Crippen molar-refractivity contribution in [1.82, 2.24) is 24.6 Å². The van der Waals surface area contributed by atoms with Gasteiger partial charge in [-0.3, -0.25) is 9.59 Å². The summed E-state index contributed by atoms with van der Waals surface area (Å²) in [5, 5.41) is 7.39. The third-order valence-corrected chi connectivity index (χ3v) is 4.62. The first-order valence-corrected chi connectivity index (χ1v) is 9.05. The normalized spacial score (nSPS) is 14.0. The molecule has 1 saturated heterocycles. The van der Waals surface area contributed by atoms with Crippen molar-refractivity contribution >= 4 is 28.5 Å². The maximum atomic E-state index is 13.8. The number of alkyl halides is 2. The van der Waals surface area contributed by atoms with Crippen molar-refractivity contribution in [3.05, 3.63) is 41.9 Å². The summed E-state index contributed by atoms with van der Waals surface area (Å²) in [7, 11) is 0. The zero-order chi connectivity index (χ0) is 20.8. The Labute approximate surface area is 164 Å². The first-order chi connectivity index (χ1) is 13.7. The van der Waals surface area contributed by atoms with Gasteiger partial charge >= 0.3 is 0 Å². The van der Waals surface area contributed by atoms with E-state index in [2.05, 4.69) is 20.4 Å². The van der Waals surface area contributed by atoms with Gasteiger partial charge in [0.05, 0.1) is 10.9 Å². The van der Waals surface area contributed by atoms with Gasteiger partial charge in [-0.25, -0.2) is 14.6 Å². The monoisotopic (exact) mass is 400 g/mol. The van der Waals surface area contributed by atoms with E-state index >= 15 is 0 Å². The minimum Gasteiger partial charge on any atom is -0.337 e. The molecule has 10 heteroatoms. The van der Waals surface area contributed by atoms with Gasteiger partial charge in [0.15, 0.2) is 11.5 Å². The molecule has 0 radical (unpaired) electrons. The molecule has 0 bridgehead atoms. The second kappa shape index (κ2) is 6.87. The van der Waals surface area contributed by atoms with Gasteiger partial charge < -0.3 is 10.2 Å². The molecule has 0 spiro atoms. The number of halogens is 2. The lowest BCUT2D eigenvalue weighted by atomic mass is 10.1. The van der Waals surface area contributed by atoms with Crippen LogP contribution in [0.3, 0.4) is 0 Å². The number of nitrogens with zero attached hydrogens (tertiary/aromatic N) is 5. The molecule has 1 N–H and O–H groups in total. The van der Waals surface area contributed by atoms with E-state index in [0.29, 0.717) is 24.0 Å². The van der Waals surface area contributed by atoms with Crippen molar-refractivity contribution in [2.75, 3.05) is 18.4 Å². The predicted octanol–water partition coefficient (Wildman–Crippen LogP) is 2.73. The van der Waals surface area contributed by atoms with Gasteiger partial charge in [0.1, 0.15) is 11.5 Å².